The number of halogens is 1. The highest BCUT2D eigenvalue weighted by Gasteiger charge is 2.19. The molecule has 0 radical (unpaired) electrons. The zero-order valence-corrected chi connectivity index (χ0v) is 24.5. The van der Waals surface area contributed by atoms with Gasteiger partial charge in [-0.1, -0.05) is 108 Å². The van der Waals surface area contributed by atoms with E-state index in [0.717, 1.165) is 50.5 Å². The highest BCUT2D eigenvalue weighted by atomic mass is 35.5. The minimum absolute atomic E-state index is 0.0660. The number of thioether (sulfide) groups is 1. The summed E-state index contributed by atoms with van der Waals surface area (Å²) in [6, 6.07) is 30.1. The Hall–Kier alpha value is -3.65. The van der Waals surface area contributed by atoms with Crippen molar-refractivity contribution in [1.29, 1.82) is 0 Å². The smallest absolute Gasteiger partial charge is 0.251 e. The fourth-order valence-corrected chi connectivity index (χ4v) is 5.71. The fraction of sp³-hybridized carbons (Fsp3) is 0.242. The molecule has 0 unspecified atom stereocenters. The van der Waals surface area contributed by atoms with Crippen LogP contribution in [0.1, 0.15) is 27.0 Å². The van der Waals surface area contributed by atoms with Gasteiger partial charge in [-0.2, -0.15) is 0 Å². The van der Waals surface area contributed by atoms with Crippen molar-refractivity contribution >= 4 is 41.2 Å². The molecule has 5 rings (SSSR count). The molecule has 1 aromatic heterocycles. The van der Waals surface area contributed by atoms with Gasteiger partial charge in [0.05, 0.1) is 0 Å². The Morgan fingerprint density at radius 2 is 1.61 bits per heavy atom. The van der Waals surface area contributed by atoms with Crippen molar-refractivity contribution in [3.63, 3.8) is 0 Å². The van der Waals surface area contributed by atoms with Gasteiger partial charge >= 0.3 is 0 Å². The summed E-state index contributed by atoms with van der Waals surface area (Å²) in [5.74, 6) is 1.44. The first-order chi connectivity index (χ1) is 20.1. The van der Waals surface area contributed by atoms with Crippen LogP contribution in [0.5, 0.6) is 0 Å². The standard InChI is InChI=1S/C33H34ClN5OS/c34-30-24-31(39-21-19-38(20-22-39)18-8-14-26-9-3-1-4-10-26)37-33(36-30)41-25-28-13-7-15-29(23-28)32(40)35-17-16-27-11-5-2-6-12-27/h1-15,23-24H,16-22,25H2,(H,35,40). The predicted octanol–water partition coefficient (Wildman–Crippen LogP) is 6.23. The Labute approximate surface area is 251 Å². The molecule has 8 heteroatoms. The van der Waals surface area contributed by atoms with Crippen LogP contribution >= 0.6 is 23.4 Å². The van der Waals surface area contributed by atoms with Gasteiger partial charge in [0.25, 0.3) is 5.91 Å². The number of piperazine rings is 1. The van der Waals surface area contributed by atoms with E-state index in [9.17, 15) is 4.79 Å². The van der Waals surface area contributed by atoms with E-state index in [2.05, 4.69) is 68.7 Å². The van der Waals surface area contributed by atoms with Crippen LogP contribution in [0, 0.1) is 0 Å². The van der Waals surface area contributed by atoms with Crippen LogP contribution in [0.15, 0.2) is 102 Å². The minimum Gasteiger partial charge on any atom is -0.354 e. The third kappa shape index (κ3) is 8.92. The van der Waals surface area contributed by atoms with E-state index in [-0.39, 0.29) is 5.91 Å². The number of aromatic nitrogens is 2. The summed E-state index contributed by atoms with van der Waals surface area (Å²) in [5, 5.41) is 4.10. The third-order valence-electron chi connectivity index (χ3n) is 6.93. The van der Waals surface area contributed by atoms with E-state index in [0.29, 0.717) is 28.2 Å². The van der Waals surface area contributed by atoms with Crippen molar-refractivity contribution in [1.82, 2.24) is 20.2 Å². The predicted molar refractivity (Wildman–Crippen MR) is 170 cm³/mol. The second-order valence-corrected chi connectivity index (χ2v) is 11.2. The number of rotatable bonds is 11. The lowest BCUT2D eigenvalue weighted by Gasteiger charge is -2.35. The van der Waals surface area contributed by atoms with E-state index in [4.69, 9.17) is 16.6 Å². The molecule has 0 spiro atoms. The molecule has 0 atom stereocenters. The van der Waals surface area contributed by atoms with Crippen LogP contribution in [-0.4, -0.2) is 60.0 Å². The summed E-state index contributed by atoms with van der Waals surface area (Å²) >= 11 is 7.93. The highest BCUT2D eigenvalue weighted by Crippen LogP contribution is 2.25. The molecule has 1 aliphatic heterocycles. The first-order valence-electron chi connectivity index (χ1n) is 13.9. The number of hydrogen-bond acceptors (Lipinski definition) is 6. The van der Waals surface area contributed by atoms with E-state index < -0.39 is 0 Å². The number of carbonyl (C=O) groups excluding carboxylic acids is 1. The van der Waals surface area contributed by atoms with Gasteiger partial charge < -0.3 is 10.2 Å². The zero-order valence-electron chi connectivity index (χ0n) is 23.0. The second-order valence-electron chi connectivity index (χ2n) is 9.91. The van der Waals surface area contributed by atoms with E-state index in [1.807, 2.05) is 54.6 Å². The Bertz CT molecular complexity index is 1440. The van der Waals surface area contributed by atoms with E-state index in [1.54, 1.807) is 0 Å². The molecule has 0 aliphatic carbocycles. The Morgan fingerprint density at radius 3 is 2.39 bits per heavy atom. The molecule has 1 amide bonds. The monoisotopic (exact) mass is 583 g/mol. The number of nitrogens with zero attached hydrogens (tertiary/aromatic N) is 4. The second kappa shape index (κ2) is 14.8. The lowest BCUT2D eigenvalue weighted by atomic mass is 10.1. The van der Waals surface area contributed by atoms with Crippen LogP contribution in [0.2, 0.25) is 5.15 Å². The van der Waals surface area contributed by atoms with Gasteiger partial charge in [0.2, 0.25) is 0 Å². The van der Waals surface area contributed by atoms with Crippen molar-refractivity contribution in [2.45, 2.75) is 17.3 Å². The summed E-state index contributed by atoms with van der Waals surface area (Å²) in [6.45, 7) is 5.22. The quantitative estimate of drug-likeness (QED) is 0.128. The summed E-state index contributed by atoms with van der Waals surface area (Å²) in [6.07, 6.45) is 5.20. The maximum absolute atomic E-state index is 12.7. The molecule has 1 aliphatic rings. The van der Waals surface area contributed by atoms with E-state index in [1.165, 1.54) is 22.9 Å². The first kappa shape index (κ1) is 28.9. The topological polar surface area (TPSA) is 61.4 Å². The number of nitrogens with one attached hydrogen (secondary N) is 1. The van der Waals surface area contributed by atoms with Crippen molar-refractivity contribution in [2.24, 2.45) is 0 Å². The average molecular weight is 584 g/mol. The summed E-state index contributed by atoms with van der Waals surface area (Å²) in [5.41, 5.74) is 4.12. The normalized spacial score (nSPS) is 13.9. The van der Waals surface area contributed by atoms with Crippen LogP contribution in [0.25, 0.3) is 6.08 Å². The molecule has 1 fully saturated rings. The molecular weight excluding hydrogens is 550 g/mol. The lowest BCUT2D eigenvalue weighted by molar-refractivity contribution is 0.0954. The number of benzene rings is 3. The number of carbonyl (C=O) groups is 1. The third-order valence-corrected chi connectivity index (χ3v) is 8.04. The molecule has 6 nitrogen and oxygen atoms in total. The molecule has 0 saturated carbocycles. The number of anilines is 1. The van der Waals surface area contributed by atoms with Crippen LogP contribution in [-0.2, 0) is 12.2 Å². The Morgan fingerprint density at radius 1 is 0.878 bits per heavy atom. The SMILES string of the molecule is O=C(NCCc1ccccc1)c1cccc(CSc2nc(Cl)cc(N3CCN(CC=Cc4ccccc4)CC3)n2)c1. The maximum Gasteiger partial charge on any atom is 0.251 e. The molecule has 3 aromatic carbocycles. The van der Waals surface area contributed by atoms with Crippen LogP contribution in [0.3, 0.4) is 0 Å². The van der Waals surface area contributed by atoms with Gasteiger partial charge in [-0.15, -0.1) is 0 Å². The van der Waals surface area contributed by atoms with Crippen molar-refractivity contribution in [3.05, 3.63) is 124 Å². The Balaban J connectivity index is 1.11. The van der Waals surface area contributed by atoms with E-state index >= 15 is 0 Å². The van der Waals surface area contributed by atoms with Gasteiger partial charge in [-0.05, 0) is 35.2 Å². The first-order valence-corrected chi connectivity index (χ1v) is 15.3. The largest absolute Gasteiger partial charge is 0.354 e. The average Bonchev–Trinajstić information content (AvgIpc) is 3.01. The van der Waals surface area contributed by atoms with Crippen molar-refractivity contribution in [2.75, 3.05) is 44.2 Å². The summed E-state index contributed by atoms with van der Waals surface area (Å²) < 4.78 is 0. The number of hydrogen-bond donors (Lipinski definition) is 1. The van der Waals surface area contributed by atoms with Gasteiger partial charge in [0, 0.05) is 56.7 Å². The van der Waals surface area contributed by atoms with Crippen LogP contribution in [0.4, 0.5) is 5.82 Å². The molecule has 1 saturated heterocycles. The molecule has 210 valence electrons. The molecule has 2 heterocycles. The maximum atomic E-state index is 12.7. The van der Waals surface area contributed by atoms with Gasteiger partial charge in [0.15, 0.2) is 5.16 Å². The molecule has 41 heavy (non-hydrogen) atoms. The lowest BCUT2D eigenvalue weighted by Crippen LogP contribution is -2.46. The molecule has 0 bridgehead atoms. The number of amides is 1. The van der Waals surface area contributed by atoms with Crippen molar-refractivity contribution < 1.29 is 4.79 Å². The summed E-state index contributed by atoms with van der Waals surface area (Å²) in [7, 11) is 0. The van der Waals surface area contributed by atoms with Gasteiger partial charge in [0.1, 0.15) is 11.0 Å². The minimum atomic E-state index is -0.0660. The zero-order chi connectivity index (χ0) is 28.3. The van der Waals surface area contributed by atoms with Gasteiger partial charge in [-0.25, -0.2) is 9.97 Å². The molecule has 1 N–H and O–H groups in total. The van der Waals surface area contributed by atoms with Gasteiger partial charge in [-0.3, -0.25) is 9.69 Å². The fourth-order valence-electron chi connectivity index (χ4n) is 4.69. The summed E-state index contributed by atoms with van der Waals surface area (Å²) in [4.78, 5) is 26.7. The highest BCUT2D eigenvalue weighted by molar-refractivity contribution is 7.98. The Kier molecular flexibility index (Phi) is 10.4. The van der Waals surface area contributed by atoms with Crippen LogP contribution < -0.4 is 10.2 Å². The molecular formula is C33H34ClN5OS. The van der Waals surface area contributed by atoms with Crippen molar-refractivity contribution in [3.8, 4) is 0 Å². The molecule has 4 aromatic rings.